The van der Waals surface area contributed by atoms with E-state index in [1.807, 2.05) is 30.9 Å². The number of benzene rings is 1. The smallest absolute Gasteiger partial charge is 0.249 e. The lowest BCUT2D eigenvalue weighted by Gasteiger charge is -2.27. The lowest BCUT2D eigenvalue weighted by Crippen LogP contribution is -2.37. The minimum Gasteiger partial charge on any atom is -0.351 e. The molecule has 26 heavy (non-hydrogen) atoms. The molecule has 8 heteroatoms. The molecule has 0 radical (unpaired) electrons. The minimum atomic E-state index is -2.95. The van der Waals surface area contributed by atoms with Crippen LogP contribution in [0.25, 0.3) is 0 Å². The van der Waals surface area contributed by atoms with Gasteiger partial charge in [-0.1, -0.05) is 25.1 Å². The summed E-state index contributed by atoms with van der Waals surface area (Å²) in [4.78, 5) is 6.60. The Morgan fingerprint density at radius 1 is 1.31 bits per heavy atom. The van der Waals surface area contributed by atoms with Crippen molar-refractivity contribution in [3.8, 4) is 0 Å². The van der Waals surface area contributed by atoms with Crippen molar-refractivity contribution in [2.75, 3.05) is 28.3 Å². The third-order valence-corrected chi connectivity index (χ3v) is 6.56. The molecule has 0 amide bonds. The van der Waals surface area contributed by atoms with Gasteiger partial charge in [0.25, 0.3) is 0 Å². The van der Waals surface area contributed by atoms with Gasteiger partial charge in [-0.15, -0.1) is 5.10 Å². The van der Waals surface area contributed by atoms with Crippen molar-refractivity contribution in [2.45, 2.75) is 39.7 Å². The average Bonchev–Trinajstić information content (AvgIpc) is 2.97. The highest BCUT2D eigenvalue weighted by atomic mass is 32.2. The Balaban J connectivity index is 1.86. The molecule has 7 nitrogen and oxygen atoms in total. The molecule has 140 valence electrons. The maximum atomic E-state index is 11.8. The van der Waals surface area contributed by atoms with E-state index in [0.717, 1.165) is 17.7 Å². The molecular weight excluding hydrogens is 350 g/mol. The lowest BCUT2D eigenvalue weighted by molar-refractivity contribution is 0.599. The average molecular weight is 375 g/mol. The molecule has 1 aliphatic heterocycles. The largest absolute Gasteiger partial charge is 0.351 e. The minimum absolute atomic E-state index is 0.0563. The van der Waals surface area contributed by atoms with E-state index in [1.54, 1.807) is 6.20 Å². The van der Waals surface area contributed by atoms with Gasteiger partial charge in [0.1, 0.15) is 0 Å². The molecule has 1 aromatic heterocycles. The number of anilines is 3. The Hall–Kier alpha value is -2.22. The molecule has 1 fully saturated rings. The van der Waals surface area contributed by atoms with Gasteiger partial charge in [-0.25, -0.2) is 8.42 Å². The zero-order chi connectivity index (χ0) is 18.7. The number of aryl methyl sites for hydroxylation is 2. The Morgan fingerprint density at radius 2 is 2.12 bits per heavy atom. The number of aromatic nitrogens is 3. The van der Waals surface area contributed by atoms with E-state index in [-0.39, 0.29) is 17.5 Å². The molecule has 1 unspecified atom stereocenters. The zero-order valence-electron chi connectivity index (χ0n) is 15.4. The van der Waals surface area contributed by atoms with Gasteiger partial charge in [-0.3, -0.25) is 0 Å². The van der Waals surface area contributed by atoms with Crippen LogP contribution in [0.1, 0.15) is 31.4 Å². The fraction of sp³-hybridized carbons (Fsp3) is 0.500. The van der Waals surface area contributed by atoms with E-state index in [9.17, 15) is 8.42 Å². The highest BCUT2D eigenvalue weighted by Crippen LogP contribution is 2.26. The van der Waals surface area contributed by atoms with Gasteiger partial charge in [-0.2, -0.15) is 10.1 Å². The normalized spacial score (nSPS) is 18.7. The Morgan fingerprint density at radius 3 is 2.77 bits per heavy atom. The van der Waals surface area contributed by atoms with Crippen molar-refractivity contribution in [3.05, 3.63) is 35.5 Å². The lowest BCUT2D eigenvalue weighted by atomic mass is 10.1. The second-order valence-electron chi connectivity index (χ2n) is 6.57. The molecule has 0 saturated carbocycles. The monoisotopic (exact) mass is 375 g/mol. The van der Waals surface area contributed by atoms with Crippen molar-refractivity contribution in [2.24, 2.45) is 0 Å². The second-order valence-corrected chi connectivity index (χ2v) is 8.80. The summed E-state index contributed by atoms with van der Waals surface area (Å²) >= 11 is 0. The van der Waals surface area contributed by atoms with Crippen molar-refractivity contribution in [1.29, 1.82) is 0 Å². The summed E-state index contributed by atoms with van der Waals surface area (Å²) in [6.45, 7) is 6.81. The summed E-state index contributed by atoms with van der Waals surface area (Å²) in [6, 6.07) is 6.10. The van der Waals surface area contributed by atoms with Crippen LogP contribution in [0.15, 0.2) is 24.4 Å². The van der Waals surface area contributed by atoms with Gasteiger partial charge >= 0.3 is 0 Å². The van der Waals surface area contributed by atoms with Gasteiger partial charge in [0, 0.05) is 18.3 Å². The fourth-order valence-electron chi connectivity index (χ4n) is 3.43. The van der Waals surface area contributed by atoms with E-state index in [4.69, 9.17) is 0 Å². The van der Waals surface area contributed by atoms with Crippen LogP contribution < -0.4 is 10.2 Å². The predicted molar refractivity (Wildman–Crippen MR) is 104 cm³/mol. The predicted octanol–water partition coefficient (Wildman–Crippen LogP) is 2.50. The van der Waals surface area contributed by atoms with Crippen LogP contribution in [0.4, 0.5) is 17.5 Å². The first-order valence-corrected chi connectivity index (χ1v) is 10.8. The Kier molecular flexibility index (Phi) is 5.41. The number of nitrogens with zero attached hydrogens (tertiary/aromatic N) is 4. The molecule has 1 saturated heterocycles. The molecule has 2 aromatic rings. The summed E-state index contributed by atoms with van der Waals surface area (Å²) < 4.78 is 23.6. The van der Waals surface area contributed by atoms with Crippen molar-refractivity contribution in [3.63, 3.8) is 0 Å². The van der Waals surface area contributed by atoms with E-state index in [1.165, 1.54) is 5.56 Å². The molecule has 1 atom stereocenters. The molecule has 0 spiro atoms. The zero-order valence-corrected chi connectivity index (χ0v) is 16.3. The van der Waals surface area contributed by atoms with Crippen molar-refractivity contribution < 1.29 is 8.42 Å². The summed E-state index contributed by atoms with van der Waals surface area (Å²) in [6.07, 6.45) is 3.12. The van der Waals surface area contributed by atoms with Crippen LogP contribution in [0.2, 0.25) is 0 Å². The van der Waals surface area contributed by atoms with Gasteiger partial charge in [0.2, 0.25) is 5.95 Å². The second kappa shape index (κ2) is 7.57. The van der Waals surface area contributed by atoms with E-state index < -0.39 is 9.84 Å². The number of sulfone groups is 1. The SMILES string of the molecule is CCc1cccc(C)c1Nc1nncc(N(CC)C2CCS(=O)(=O)C2)n1. The van der Waals surface area contributed by atoms with Crippen LogP contribution in [0.5, 0.6) is 0 Å². The maximum absolute atomic E-state index is 11.8. The van der Waals surface area contributed by atoms with Gasteiger partial charge in [0.15, 0.2) is 15.7 Å². The molecule has 2 heterocycles. The van der Waals surface area contributed by atoms with Crippen LogP contribution in [0, 0.1) is 6.92 Å². The maximum Gasteiger partial charge on any atom is 0.249 e. The summed E-state index contributed by atoms with van der Waals surface area (Å²) in [5.74, 6) is 1.48. The number of nitrogens with one attached hydrogen (secondary N) is 1. The number of rotatable bonds is 6. The van der Waals surface area contributed by atoms with Crippen molar-refractivity contribution in [1.82, 2.24) is 15.2 Å². The Bertz CT molecular complexity index is 885. The highest BCUT2D eigenvalue weighted by Gasteiger charge is 2.32. The molecule has 1 N–H and O–H groups in total. The van der Waals surface area contributed by atoms with Crippen LogP contribution in [-0.2, 0) is 16.3 Å². The first-order valence-electron chi connectivity index (χ1n) is 8.95. The third-order valence-electron chi connectivity index (χ3n) is 4.81. The standard InChI is InChI=1S/C18H25N5O2S/c1-4-14-8-6-7-13(3)17(14)21-18-20-16(11-19-22-18)23(5-2)15-9-10-26(24,25)12-15/h6-8,11,15H,4-5,9-10,12H2,1-3H3,(H,20,21,22). The summed E-state index contributed by atoms with van der Waals surface area (Å²) in [5.41, 5.74) is 3.31. The Labute approximate surface area is 154 Å². The first kappa shape index (κ1) is 18.6. The van der Waals surface area contributed by atoms with E-state index >= 15 is 0 Å². The number of para-hydroxylation sites is 1. The quantitative estimate of drug-likeness (QED) is 0.830. The molecular formula is C18H25N5O2S. The highest BCUT2D eigenvalue weighted by molar-refractivity contribution is 7.91. The topological polar surface area (TPSA) is 88.1 Å². The molecule has 3 rings (SSSR count). The summed E-state index contributed by atoms with van der Waals surface area (Å²) in [7, 11) is -2.95. The summed E-state index contributed by atoms with van der Waals surface area (Å²) in [5, 5.41) is 11.5. The molecule has 0 aliphatic carbocycles. The van der Waals surface area contributed by atoms with Gasteiger partial charge in [0.05, 0.1) is 17.7 Å². The van der Waals surface area contributed by atoms with Crippen LogP contribution in [0.3, 0.4) is 0 Å². The van der Waals surface area contributed by atoms with E-state index in [2.05, 4.69) is 33.5 Å². The molecule has 1 aromatic carbocycles. The van der Waals surface area contributed by atoms with Gasteiger partial charge < -0.3 is 10.2 Å². The van der Waals surface area contributed by atoms with Crippen LogP contribution >= 0.6 is 0 Å². The number of hydrogen-bond donors (Lipinski definition) is 1. The van der Waals surface area contributed by atoms with E-state index in [0.29, 0.717) is 24.7 Å². The van der Waals surface area contributed by atoms with Crippen LogP contribution in [-0.4, -0.2) is 47.7 Å². The van der Waals surface area contributed by atoms with Gasteiger partial charge in [-0.05, 0) is 37.8 Å². The first-order chi connectivity index (χ1) is 12.4. The van der Waals surface area contributed by atoms with Crippen molar-refractivity contribution >= 4 is 27.3 Å². The third kappa shape index (κ3) is 3.95. The molecule has 0 bridgehead atoms. The number of hydrogen-bond acceptors (Lipinski definition) is 7. The fourth-order valence-corrected chi connectivity index (χ4v) is 5.16. The molecule has 1 aliphatic rings.